The maximum atomic E-state index is 12.1. The monoisotopic (exact) mass is 340 g/mol. The molecule has 0 saturated carbocycles. The van der Waals surface area contributed by atoms with E-state index in [1.165, 1.54) is 0 Å². The van der Waals surface area contributed by atoms with Gasteiger partial charge in [0, 0.05) is 32.4 Å². The van der Waals surface area contributed by atoms with Gasteiger partial charge in [0.05, 0.1) is 5.69 Å². The van der Waals surface area contributed by atoms with Crippen molar-refractivity contribution >= 4 is 17.7 Å². The van der Waals surface area contributed by atoms with E-state index in [2.05, 4.69) is 15.3 Å². The first kappa shape index (κ1) is 17.9. The molecule has 1 aromatic heterocycles. The number of nitrogens with zero attached hydrogens (tertiary/aromatic N) is 3. The van der Waals surface area contributed by atoms with Crippen LogP contribution in [-0.4, -0.2) is 46.2 Å². The minimum atomic E-state index is -0.450. The average molecular weight is 341 g/mol. The molecule has 0 bridgehead atoms. The van der Waals surface area contributed by atoms with E-state index in [9.17, 15) is 4.79 Å². The minimum Gasteiger partial charge on any atom is -0.444 e. The standard InChI is InChI=1S/C16H25ClN4O2/c1-16(2,3)23-15(22)21-8-4-5-12(11-21)9-18-10-13-6-7-19-14(17)20-13/h6-7,12,18H,4-5,8-11H2,1-3H3. The Labute approximate surface area is 142 Å². The second kappa shape index (κ2) is 7.93. The summed E-state index contributed by atoms with van der Waals surface area (Å²) in [5.41, 5.74) is 0.416. The number of ether oxygens (including phenoxy) is 1. The van der Waals surface area contributed by atoms with Gasteiger partial charge in [-0.05, 0) is 57.2 Å². The van der Waals surface area contributed by atoms with E-state index < -0.39 is 5.60 Å². The molecule has 1 aliphatic heterocycles. The number of piperidine rings is 1. The number of nitrogens with one attached hydrogen (secondary N) is 1. The summed E-state index contributed by atoms with van der Waals surface area (Å²) in [6, 6.07) is 1.84. The predicted molar refractivity (Wildman–Crippen MR) is 89.3 cm³/mol. The molecule has 1 fully saturated rings. The van der Waals surface area contributed by atoms with Gasteiger partial charge in [0.2, 0.25) is 5.28 Å². The molecular weight excluding hydrogens is 316 g/mol. The highest BCUT2D eigenvalue weighted by molar-refractivity contribution is 6.28. The molecule has 1 atom stereocenters. The molecule has 0 aliphatic carbocycles. The summed E-state index contributed by atoms with van der Waals surface area (Å²) < 4.78 is 5.45. The van der Waals surface area contributed by atoms with Gasteiger partial charge in [0.15, 0.2) is 0 Å². The van der Waals surface area contributed by atoms with Crippen molar-refractivity contribution in [1.29, 1.82) is 0 Å². The lowest BCUT2D eigenvalue weighted by Crippen LogP contribution is -2.45. The summed E-state index contributed by atoms with van der Waals surface area (Å²) in [6.45, 7) is 8.65. The summed E-state index contributed by atoms with van der Waals surface area (Å²) >= 11 is 5.77. The lowest BCUT2D eigenvalue weighted by Gasteiger charge is -2.34. The number of halogens is 1. The number of aromatic nitrogens is 2. The molecule has 0 radical (unpaired) electrons. The first-order valence-corrected chi connectivity index (χ1v) is 8.37. The van der Waals surface area contributed by atoms with Crippen molar-refractivity contribution in [3.05, 3.63) is 23.2 Å². The minimum absolute atomic E-state index is 0.218. The zero-order chi connectivity index (χ0) is 16.9. The lowest BCUT2D eigenvalue weighted by molar-refractivity contribution is 0.0166. The predicted octanol–water partition coefficient (Wildman–Crippen LogP) is 2.87. The van der Waals surface area contributed by atoms with Gasteiger partial charge in [-0.3, -0.25) is 0 Å². The Morgan fingerprint density at radius 2 is 2.30 bits per heavy atom. The average Bonchev–Trinajstić information content (AvgIpc) is 2.46. The van der Waals surface area contributed by atoms with Gasteiger partial charge in [-0.2, -0.15) is 0 Å². The van der Waals surface area contributed by atoms with E-state index in [1.807, 2.05) is 31.7 Å². The Balaban J connectivity index is 1.76. The fourth-order valence-corrected chi connectivity index (χ4v) is 2.76. The molecule has 2 rings (SSSR count). The van der Waals surface area contributed by atoms with Crippen molar-refractivity contribution in [2.75, 3.05) is 19.6 Å². The van der Waals surface area contributed by atoms with Crippen LogP contribution in [0.2, 0.25) is 5.28 Å². The molecule has 1 unspecified atom stereocenters. The smallest absolute Gasteiger partial charge is 0.410 e. The van der Waals surface area contributed by atoms with Gasteiger partial charge in [-0.15, -0.1) is 0 Å². The van der Waals surface area contributed by atoms with Crippen molar-refractivity contribution in [1.82, 2.24) is 20.2 Å². The van der Waals surface area contributed by atoms with Gasteiger partial charge < -0.3 is 15.0 Å². The van der Waals surface area contributed by atoms with E-state index in [4.69, 9.17) is 16.3 Å². The number of amides is 1. The molecule has 0 spiro atoms. The van der Waals surface area contributed by atoms with Crippen LogP contribution >= 0.6 is 11.6 Å². The first-order chi connectivity index (χ1) is 10.8. The number of rotatable bonds is 4. The van der Waals surface area contributed by atoms with E-state index >= 15 is 0 Å². The number of carbonyl (C=O) groups excluding carboxylic acids is 1. The van der Waals surface area contributed by atoms with Crippen LogP contribution < -0.4 is 5.32 Å². The molecule has 1 aromatic rings. The zero-order valence-electron chi connectivity index (χ0n) is 14.0. The highest BCUT2D eigenvalue weighted by atomic mass is 35.5. The fourth-order valence-electron chi connectivity index (χ4n) is 2.60. The SMILES string of the molecule is CC(C)(C)OC(=O)N1CCCC(CNCc2ccnc(Cl)n2)C1. The Bertz CT molecular complexity index is 533. The van der Waals surface area contributed by atoms with Crippen molar-refractivity contribution < 1.29 is 9.53 Å². The number of likely N-dealkylation sites (tertiary alicyclic amines) is 1. The Kier molecular flexibility index (Phi) is 6.18. The maximum Gasteiger partial charge on any atom is 0.410 e. The third kappa shape index (κ3) is 6.31. The van der Waals surface area contributed by atoms with Crippen LogP contribution in [0.25, 0.3) is 0 Å². The highest BCUT2D eigenvalue weighted by Crippen LogP contribution is 2.19. The van der Waals surface area contributed by atoms with E-state index in [0.717, 1.165) is 38.2 Å². The summed E-state index contributed by atoms with van der Waals surface area (Å²) in [7, 11) is 0. The molecule has 7 heteroatoms. The van der Waals surface area contributed by atoms with Crippen LogP contribution in [0.5, 0.6) is 0 Å². The van der Waals surface area contributed by atoms with E-state index in [-0.39, 0.29) is 11.4 Å². The normalized spacial score (nSPS) is 18.8. The molecule has 128 valence electrons. The summed E-state index contributed by atoms with van der Waals surface area (Å²) in [4.78, 5) is 22.0. The number of hydrogen-bond donors (Lipinski definition) is 1. The van der Waals surface area contributed by atoms with Crippen molar-refractivity contribution in [3.8, 4) is 0 Å². The van der Waals surface area contributed by atoms with Gasteiger partial charge in [-0.25, -0.2) is 14.8 Å². The Morgan fingerprint density at radius 1 is 1.52 bits per heavy atom. The third-order valence-corrected chi connectivity index (χ3v) is 3.78. The first-order valence-electron chi connectivity index (χ1n) is 7.99. The molecule has 6 nitrogen and oxygen atoms in total. The highest BCUT2D eigenvalue weighted by Gasteiger charge is 2.27. The Morgan fingerprint density at radius 3 is 3.00 bits per heavy atom. The third-order valence-electron chi connectivity index (χ3n) is 3.59. The van der Waals surface area contributed by atoms with E-state index in [0.29, 0.717) is 12.5 Å². The summed E-state index contributed by atoms with van der Waals surface area (Å²) in [5, 5.41) is 3.64. The molecule has 0 aromatic carbocycles. The zero-order valence-corrected chi connectivity index (χ0v) is 14.8. The fraction of sp³-hybridized carbons (Fsp3) is 0.688. The molecular formula is C16H25ClN4O2. The molecule has 1 N–H and O–H groups in total. The van der Waals surface area contributed by atoms with E-state index in [1.54, 1.807) is 6.20 Å². The molecule has 1 saturated heterocycles. The topological polar surface area (TPSA) is 67.3 Å². The molecule has 1 aliphatic rings. The molecule has 1 amide bonds. The summed E-state index contributed by atoms with van der Waals surface area (Å²) in [5.74, 6) is 0.425. The van der Waals surface area contributed by atoms with Crippen LogP contribution in [0.15, 0.2) is 12.3 Å². The second-order valence-electron chi connectivity index (χ2n) is 6.88. The maximum absolute atomic E-state index is 12.1. The van der Waals surface area contributed by atoms with Gasteiger partial charge in [-0.1, -0.05) is 0 Å². The van der Waals surface area contributed by atoms with Crippen LogP contribution in [-0.2, 0) is 11.3 Å². The molecule has 23 heavy (non-hydrogen) atoms. The summed E-state index contributed by atoms with van der Waals surface area (Å²) in [6.07, 6.45) is 3.55. The van der Waals surface area contributed by atoms with Crippen LogP contribution in [0.3, 0.4) is 0 Å². The quantitative estimate of drug-likeness (QED) is 0.854. The van der Waals surface area contributed by atoms with Crippen LogP contribution in [0.4, 0.5) is 4.79 Å². The Hall–Kier alpha value is -1.40. The largest absolute Gasteiger partial charge is 0.444 e. The van der Waals surface area contributed by atoms with Crippen LogP contribution in [0.1, 0.15) is 39.3 Å². The lowest BCUT2D eigenvalue weighted by atomic mass is 9.98. The molecule has 2 heterocycles. The van der Waals surface area contributed by atoms with Crippen LogP contribution in [0, 0.1) is 5.92 Å². The van der Waals surface area contributed by atoms with Crippen molar-refractivity contribution in [2.24, 2.45) is 5.92 Å². The van der Waals surface area contributed by atoms with Crippen molar-refractivity contribution in [3.63, 3.8) is 0 Å². The van der Waals surface area contributed by atoms with Gasteiger partial charge in [0.25, 0.3) is 0 Å². The number of hydrogen-bond acceptors (Lipinski definition) is 5. The van der Waals surface area contributed by atoms with Gasteiger partial charge >= 0.3 is 6.09 Å². The number of carbonyl (C=O) groups is 1. The van der Waals surface area contributed by atoms with Gasteiger partial charge in [0.1, 0.15) is 5.60 Å². The second-order valence-corrected chi connectivity index (χ2v) is 7.22. The van der Waals surface area contributed by atoms with Crippen molar-refractivity contribution in [2.45, 2.75) is 45.8 Å².